The van der Waals surface area contributed by atoms with E-state index in [0.29, 0.717) is 0 Å². The van der Waals surface area contributed by atoms with Crippen molar-refractivity contribution in [2.75, 3.05) is 0 Å². The quantitative estimate of drug-likeness (QED) is 0.582. The van der Waals surface area contributed by atoms with Crippen molar-refractivity contribution in [3.05, 3.63) is 35.4 Å². The predicted molar refractivity (Wildman–Crippen MR) is 91.7 cm³/mol. The fourth-order valence-corrected chi connectivity index (χ4v) is 4.57. The maximum Gasteiger partial charge on any atom is -0.0162 e. The number of hydrogen-bond acceptors (Lipinski definition) is 0. The first-order valence-corrected chi connectivity index (χ1v) is 9.38. The molecule has 3 rings (SSSR count). The Hall–Kier alpha value is -0.780. The van der Waals surface area contributed by atoms with E-state index in [0.717, 1.165) is 17.8 Å². The Balaban J connectivity index is 1.41. The van der Waals surface area contributed by atoms with Crippen molar-refractivity contribution in [1.29, 1.82) is 0 Å². The van der Waals surface area contributed by atoms with Crippen LogP contribution in [-0.2, 0) is 0 Å². The zero-order valence-corrected chi connectivity index (χ0v) is 13.8. The van der Waals surface area contributed by atoms with Crippen LogP contribution in [0.15, 0.2) is 24.3 Å². The second-order valence-corrected chi connectivity index (χ2v) is 7.71. The van der Waals surface area contributed by atoms with Crippen LogP contribution in [0.25, 0.3) is 0 Å². The van der Waals surface area contributed by atoms with Gasteiger partial charge in [0.15, 0.2) is 0 Å². The summed E-state index contributed by atoms with van der Waals surface area (Å²) in [4.78, 5) is 0. The second kappa shape index (κ2) is 7.47. The van der Waals surface area contributed by atoms with E-state index in [1.54, 1.807) is 5.56 Å². The van der Waals surface area contributed by atoms with Crippen molar-refractivity contribution in [3.8, 4) is 0 Å². The van der Waals surface area contributed by atoms with E-state index in [4.69, 9.17) is 0 Å². The van der Waals surface area contributed by atoms with Gasteiger partial charge in [0.1, 0.15) is 0 Å². The van der Waals surface area contributed by atoms with Gasteiger partial charge in [-0.15, -0.1) is 0 Å². The van der Waals surface area contributed by atoms with Crippen molar-refractivity contribution < 1.29 is 0 Å². The maximum absolute atomic E-state index is 2.36. The van der Waals surface area contributed by atoms with Crippen LogP contribution >= 0.6 is 0 Å². The largest absolute Gasteiger partial charge is 0.0590 e. The second-order valence-electron chi connectivity index (χ2n) is 7.71. The first-order chi connectivity index (χ1) is 10.3. The highest BCUT2D eigenvalue weighted by molar-refractivity contribution is 5.24. The Morgan fingerprint density at radius 2 is 1.29 bits per heavy atom. The summed E-state index contributed by atoms with van der Waals surface area (Å²) in [5.74, 6) is 2.96. The standard InChI is InChI=1S/C21H32/c1-17-7-13-20(14-8-17)21-15-11-19(12-16-21)10-9-18-5-3-2-4-6-18/h7-8,13-14,18-19,21H,2-6,9-12,15-16H2,1H3. The molecule has 0 nitrogen and oxygen atoms in total. The highest BCUT2D eigenvalue weighted by Crippen LogP contribution is 2.39. The molecule has 0 heterocycles. The minimum atomic E-state index is 0.844. The van der Waals surface area contributed by atoms with E-state index in [1.165, 1.54) is 76.2 Å². The average Bonchev–Trinajstić information content (AvgIpc) is 2.55. The molecule has 0 heteroatoms. The molecule has 0 bridgehead atoms. The summed E-state index contributed by atoms with van der Waals surface area (Å²) in [6.45, 7) is 2.19. The Bertz CT molecular complexity index is 402. The monoisotopic (exact) mass is 284 g/mol. The average molecular weight is 284 g/mol. The van der Waals surface area contributed by atoms with E-state index in [1.807, 2.05) is 0 Å². The van der Waals surface area contributed by atoms with Crippen molar-refractivity contribution in [2.24, 2.45) is 11.8 Å². The molecule has 0 amide bonds. The highest BCUT2D eigenvalue weighted by Gasteiger charge is 2.23. The smallest absolute Gasteiger partial charge is 0.0162 e. The van der Waals surface area contributed by atoms with E-state index in [2.05, 4.69) is 31.2 Å². The third-order valence-electron chi connectivity index (χ3n) is 6.10. The van der Waals surface area contributed by atoms with Crippen LogP contribution in [0.3, 0.4) is 0 Å². The Kier molecular flexibility index (Phi) is 5.38. The molecule has 0 saturated heterocycles. The van der Waals surface area contributed by atoms with Crippen molar-refractivity contribution in [3.63, 3.8) is 0 Å². The SMILES string of the molecule is Cc1ccc(C2CCC(CCC3CCCCC3)CC2)cc1. The van der Waals surface area contributed by atoms with Crippen LogP contribution in [0.5, 0.6) is 0 Å². The lowest BCUT2D eigenvalue weighted by atomic mass is 9.75. The molecule has 0 atom stereocenters. The van der Waals surface area contributed by atoms with E-state index in [9.17, 15) is 0 Å². The molecule has 2 aliphatic rings. The fourth-order valence-electron chi connectivity index (χ4n) is 4.57. The van der Waals surface area contributed by atoms with Crippen LogP contribution in [0.1, 0.15) is 87.7 Å². The van der Waals surface area contributed by atoms with Crippen LogP contribution in [0.2, 0.25) is 0 Å². The topological polar surface area (TPSA) is 0 Å². The van der Waals surface area contributed by atoms with Crippen molar-refractivity contribution in [2.45, 2.75) is 83.5 Å². The van der Waals surface area contributed by atoms with Crippen LogP contribution < -0.4 is 0 Å². The first kappa shape index (κ1) is 15.1. The molecule has 2 fully saturated rings. The van der Waals surface area contributed by atoms with E-state index in [-0.39, 0.29) is 0 Å². The molecule has 0 aromatic heterocycles. The molecule has 0 N–H and O–H groups in total. The third-order valence-corrected chi connectivity index (χ3v) is 6.10. The normalized spacial score (nSPS) is 27.7. The first-order valence-electron chi connectivity index (χ1n) is 9.38. The zero-order valence-electron chi connectivity index (χ0n) is 13.8. The van der Waals surface area contributed by atoms with Gasteiger partial charge in [-0.2, -0.15) is 0 Å². The fraction of sp³-hybridized carbons (Fsp3) is 0.714. The molecule has 0 unspecified atom stereocenters. The summed E-state index contributed by atoms with van der Waals surface area (Å²) in [6, 6.07) is 9.29. The molecule has 1 aromatic carbocycles. The van der Waals surface area contributed by atoms with Crippen LogP contribution in [-0.4, -0.2) is 0 Å². The summed E-state index contributed by atoms with van der Waals surface area (Å²) in [7, 11) is 0. The lowest BCUT2D eigenvalue weighted by molar-refractivity contribution is 0.261. The molecule has 0 radical (unpaired) electrons. The third kappa shape index (κ3) is 4.34. The number of benzene rings is 1. The van der Waals surface area contributed by atoms with E-state index >= 15 is 0 Å². The molecule has 0 aliphatic heterocycles. The molecule has 2 aliphatic carbocycles. The van der Waals surface area contributed by atoms with Gasteiger partial charge in [-0.25, -0.2) is 0 Å². The van der Waals surface area contributed by atoms with Gasteiger partial charge >= 0.3 is 0 Å². The molecule has 116 valence electrons. The molecule has 2 saturated carbocycles. The van der Waals surface area contributed by atoms with Gasteiger partial charge < -0.3 is 0 Å². The Morgan fingerprint density at radius 3 is 1.90 bits per heavy atom. The van der Waals surface area contributed by atoms with Gasteiger partial charge in [0.05, 0.1) is 0 Å². The van der Waals surface area contributed by atoms with Crippen LogP contribution in [0, 0.1) is 18.8 Å². The Morgan fingerprint density at radius 1 is 0.714 bits per heavy atom. The number of aryl methyl sites for hydroxylation is 1. The Labute approximate surface area is 131 Å². The van der Waals surface area contributed by atoms with Gasteiger partial charge in [-0.05, 0) is 55.9 Å². The zero-order chi connectivity index (χ0) is 14.5. The number of rotatable bonds is 4. The van der Waals surface area contributed by atoms with Crippen LogP contribution in [0.4, 0.5) is 0 Å². The van der Waals surface area contributed by atoms with Crippen molar-refractivity contribution in [1.82, 2.24) is 0 Å². The predicted octanol–water partition coefficient (Wildman–Crippen LogP) is 6.63. The van der Waals surface area contributed by atoms with Gasteiger partial charge in [0.25, 0.3) is 0 Å². The van der Waals surface area contributed by atoms with Crippen molar-refractivity contribution >= 4 is 0 Å². The van der Waals surface area contributed by atoms with E-state index < -0.39 is 0 Å². The molecular formula is C21H32. The maximum atomic E-state index is 2.36. The van der Waals surface area contributed by atoms with Gasteiger partial charge in [-0.3, -0.25) is 0 Å². The number of hydrogen-bond donors (Lipinski definition) is 0. The summed E-state index contributed by atoms with van der Waals surface area (Å²) in [5, 5.41) is 0. The van der Waals surface area contributed by atoms with Gasteiger partial charge in [0, 0.05) is 0 Å². The molecule has 0 spiro atoms. The highest BCUT2D eigenvalue weighted by atomic mass is 14.3. The molecule has 1 aromatic rings. The minimum absolute atomic E-state index is 0.844. The minimum Gasteiger partial charge on any atom is -0.0590 e. The lowest BCUT2D eigenvalue weighted by Crippen LogP contribution is -2.15. The lowest BCUT2D eigenvalue weighted by Gasteiger charge is -2.30. The molecule has 21 heavy (non-hydrogen) atoms. The molecular weight excluding hydrogens is 252 g/mol. The summed E-state index contributed by atoms with van der Waals surface area (Å²) in [5.41, 5.74) is 2.98. The van der Waals surface area contributed by atoms with Gasteiger partial charge in [-0.1, -0.05) is 74.8 Å². The summed E-state index contributed by atoms with van der Waals surface area (Å²) >= 11 is 0. The summed E-state index contributed by atoms with van der Waals surface area (Å²) in [6.07, 6.45) is 16.4. The van der Waals surface area contributed by atoms with Gasteiger partial charge in [0.2, 0.25) is 0 Å². The summed E-state index contributed by atoms with van der Waals surface area (Å²) < 4.78 is 0.